The Labute approximate surface area is 218 Å². The zero-order valence-corrected chi connectivity index (χ0v) is 20.7. The lowest BCUT2D eigenvalue weighted by molar-refractivity contribution is -0.119. The molecule has 4 aromatic rings. The molecule has 1 atom stereocenters. The van der Waals surface area contributed by atoms with Gasteiger partial charge in [0, 0.05) is 17.4 Å². The van der Waals surface area contributed by atoms with Gasteiger partial charge in [-0.3, -0.25) is 4.79 Å². The average molecular weight is 541 g/mol. The molecule has 0 fully saturated rings. The van der Waals surface area contributed by atoms with Gasteiger partial charge in [-0.2, -0.15) is 0 Å². The summed E-state index contributed by atoms with van der Waals surface area (Å²) in [5, 5.41) is 15.1. The van der Waals surface area contributed by atoms with Crippen molar-refractivity contribution in [1.82, 2.24) is 14.5 Å². The number of aromatic amines is 1. The quantitative estimate of drug-likeness (QED) is 0.303. The van der Waals surface area contributed by atoms with Gasteiger partial charge in [0.05, 0.1) is 7.11 Å². The van der Waals surface area contributed by atoms with Gasteiger partial charge in [-0.25, -0.2) is 23.5 Å². The molecule has 0 spiro atoms. The number of anilines is 1. The van der Waals surface area contributed by atoms with Gasteiger partial charge in [-0.1, -0.05) is 18.2 Å². The predicted molar refractivity (Wildman–Crippen MR) is 134 cm³/mol. The number of nitrogens with zero attached hydrogens (tertiary/aromatic N) is 2. The van der Waals surface area contributed by atoms with Crippen molar-refractivity contribution in [2.24, 2.45) is 0 Å². The average Bonchev–Trinajstić information content (AvgIpc) is 3.51. The van der Waals surface area contributed by atoms with Crippen molar-refractivity contribution in [3.8, 4) is 28.6 Å². The molecule has 1 aliphatic rings. The topological polar surface area (TPSA) is 145 Å². The molecule has 0 radical (unpaired) electrons. The van der Waals surface area contributed by atoms with Crippen LogP contribution in [0.4, 0.5) is 9.52 Å². The van der Waals surface area contributed by atoms with Gasteiger partial charge >= 0.3 is 11.7 Å². The first-order valence-electron chi connectivity index (χ1n) is 11.4. The third kappa shape index (κ3) is 4.83. The number of benzene rings is 2. The number of H-pyrrole nitrogens is 1. The largest absolute Gasteiger partial charge is 0.493 e. The second kappa shape index (κ2) is 10.4. The van der Waals surface area contributed by atoms with Crippen LogP contribution in [0.1, 0.15) is 22.1 Å². The number of hydrogen-bond donors (Lipinski definition) is 3. The lowest BCUT2D eigenvalue weighted by Crippen LogP contribution is -2.33. The van der Waals surface area contributed by atoms with E-state index in [1.54, 1.807) is 24.3 Å². The van der Waals surface area contributed by atoms with E-state index in [2.05, 4.69) is 20.0 Å². The third-order valence-electron chi connectivity index (χ3n) is 5.85. The minimum atomic E-state index is -1.38. The van der Waals surface area contributed by atoms with E-state index in [9.17, 15) is 23.9 Å². The molecule has 5 rings (SSSR count). The van der Waals surface area contributed by atoms with Crippen LogP contribution >= 0.6 is 11.3 Å². The van der Waals surface area contributed by atoms with Gasteiger partial charge < -0.3 is 29.6 Å². The number of rotatable bonds is 7. The normalized spacial score (nSPS) is 13.1. The SMILES string of the molecule is COC(=O)c1csc(NC(=O)[C@H](Cc2ccccc2F)n2c(O)c(-c3ccc4c(c3)OCCO4)[nH]c2=O)n1. The van der Waals surface area contributed by atoms with E-state index >= 15 is 0 Å². The van der Waals surface area contributed by atoms with Crippen molar-refractivity contribution in [3.63, 3.8) is 0 Å². The first-order valence-corrected chi connectivity index (χ1v) is 12.2. The van der Waals surface area contributed by atoms with Gasteiger partial charge in [0.2, 0.25) is 11.8 Å². The van der Waals surface area contributed by atoms with Crippen molar-refractivity contribution >= 4 is 28.3 Å². The summed E-state index contributed by atoms with van der Waals surface area (Å²) in [5.74, 6) is -1.60. The maximum Gasteiger partial charge on any atom is 0.357 e. The standard InChI is InChI=1S/C25H21FN4O7S/c1-35-23(33)16-12-38-24(27-16)29-21(31)17(10-13-4-2-3-5-15(13)26)30-22(32)20(28-25(30)34)14-6-7-18-19(11-14)37-9-8-36-18/h2-7,11-12,17,32H,8-10H2,1H3,(H,28,34)(H,27,29,31)/t17-/m0/s1. The molecule has 0 saturated carbocycles. The highest BCUT2D eigenvalue weighted by atomic mass is 32.1. The van der Waals surface area contributed by atoms with Gasteiger partial charge in [0.1, 0.15) is 30.8 Å². The summed E-state index contributed by atoms with van der Waals surface area (Å²) in [7, 11) is 1.20. The Morgan fingerprint density at radius 3 is 2.76 bits per heavy atom. The number of carbonyl (C=O) groups is 2. The molecule has 2 aromatic carbocycles. The molecular formula is C25H21FN4O7S. The fourth-order valence-electron chi connectivity index (χ4n) is 4.02. The van der Waals surface area contributed by atoms with Crippen LogP contribution in [0.5, 0.6) is 17.4 Å². The molecule has 1 aliphatic heterocycles. The summed E-state index contributed by atoms with van der Waals surface area (Å²) in [4.78, 5) is 44.8. The lowest BCUT2D eigenvalue weighted by Gasteiger charge is -2.19. The number of aromatic hydroxyl groups is 1. The molecule has 38 heavy (non-hydrogen) atoms. The number of thiazole rings is 1. The summed E-state index contributed by atoms with van der Waals surface area (Å²) >= 11 is 0.966. The summed E-state index contributed by atoms with van der Waals surface area (Å²) in [5.41, 5.74) is -0.203. The second-order valence-corrected chi connectivity index (χ2v) is 9.05. The van der Waals surface area contributed by atoms with Gasteiger partial charge in [-0.05, 0) is 29.8 Å². The maximum absolute atomic E-state index is 14.5. The Morgan fingerprint density at radius 2 is 2.00 bits per heavy atom. The molecule has 0 saturated heterocycles. The van der Waals surface area contributed by atoms with E-state index < -0.39 is 35.3 Å². The number of methoxy groups -OCH3 is 1. The van der Waals surface area contributed by atoms with Crippen LogP contribution in [0.15, 0.2) is 52.6 Å². The van der Waals surface area contributed by atoms with Crippen LogP contribution in [-0.2, 0) is 16.0 Å². The molecular weight excluding hydrogens is 519 g/mol. The zero-order chi connectivity index (χ0) is 26.8. The van der Waals surface area contributed by atoms with E-state index in [0.29, 0.717) is 30.3 Å². The number of esters is 1. The molecule has 3 heterocycles. The number of hydrogen-bond acceptors (Lipinski definition) is 9. The smallest absolute Gasteiger partial charge is 0.357 e. The fraction of sp³-hybridized carbons (Fsp3) is 0.200. The summed E-state index contributed by atoms with van der Waals surface area (Å²) < 4.78 is 31.1. The molecule has 196 valence electrons. The Hall–Kier alpha value is -4.65. The van der Waals surface area contributed by atoms with E-state index in [-0.39, 0.29) is 28.5 Å². The van der Waals surface area contributed by atoms with Crippen LogP contribution in [0.25, 0.3) is 11.3 Å². The molecule has 0 bridgehead atoms. The van der Waals surface area contributed by atoms with E-state index in [1.807, 2.05) is 0 Å². The Bertz CT molecular complexity index is 1580. The molecule has 13 heteroatoms. The Morgan fingerprint density at radius 1 is 1.24 bits per heavy atom. The van der Waals surface area contributed by atoms with E-state index in [0.717, 1.165) is 15.9 Å². The highest BCUT2D eigenvalue weighted by Crippen LogP contribution is 2.37. The van der Waals surface area contributed by atoms with E-state index in [1.165, 1.54) is 30.7 Å². The number of ether oxygens (including phenoxy) is 3. The molecule has 0 aliphatic carbocycles. The summed E-state index contributed by atoms with van der Waals surface area (Å²) in [6, 6.07) is 9.28. The molecule has 11 nitrogen and oxygen atoms in total. The van der Waals surface area contributed by atoms with Crippen molar-refractivity contribution in [2.75, 3.05) is 25.6 Å². The summed E-state index contributed by atoms with van der Waals surface area (Å²) in [6.07, 6.45) is -0.264. The zero-order valence-electron chi connectivity index (χ0n) is 19.9. The van der Waals surface area contributed by atoms with Gasteiger partial charge in [-0.15, -0.1) is 11.3 Å². The second-order valence-electron chi connectivity index (χ2n) is 8.19. The van der Waals surface area contributed by atoms with Crippen LogP contribution in [-0.4, -0.2) is 51.8 Å². The number of carbonyl (C=O) groups excluding carboxylic acids is 2. The molecule has 2 aromatic heterocycles. The highest BCUT2D eigenvalue weighted by Gasteiger charge is 2.30. The van der Waals surface area contributed by atoms with Crippen molar-refractivity contribution in [3.05, 3.63) is 75.4 Å². The monoisotopic (exact) mass is 540 g/mol. The summed E-state index contributed by atoms with van der Waals surface area (Å²) in [6.45, 7) is 0.747. The van der Waals surface area contributed by atoms with Crippen molar-refractivity contribution < 1.29 is 33.3 Å². The Kier molecular flexibility index (Phi) is 6.83. The highest BCUT2D eigenvalue weighted by molar-refractivity contribution is 7.14. The first-order chi connectivity index (χ1) is 18.4. The minimum absolute atomic E-state index is 0.0130. The van der Waals surface area contributed by atoms with Crippen molar-refractivity contribution in [2.45, 2.75) is 12.5 Å². The maximum atomic E-state index is 14.5. The first kappa shape index (κ1) is 25.0. The van der Waals surface area contributed by atoms with Gasteiger partial charge in [0.25, 0.3) is 0 Å². The minimum Gasteiger partial charge on any atom is -0.493 e. The van der Waals surface area contributed by atoms with Crippen molar-refractivity contribution in [1.29, 1.82) is 0 Å². The fourth-order valence-corrected chi connectivity index (χ4v) is 4.70. The number of halogens is 1. The lowest BCUT2D eigenvalue weighted by atomic mass is 10.0. The van der Waals surface area contributed by atoms with E-state index in [4.69, 9.17) is 9.47 Å². The van der Waals surface area contributed by atoms with Gasteiger partial charge in [0.15, 0.2) is 22.3 Å². The Balaban J connectivity index is 1.52. The predicted octanol–water partition coefficient (Wildman–Crippen LogP) is 3.12. The van der Waals surface area contributed by atoms with Crippen LogP contribution < -0.4 is 20.5 Å². The number of aromatic nitrogens is 3. The molecule has 3 N–H and O–H groups in total. The number of imidazole rings is 1. The number of fused-ring (bicyclic) bond motifs is 1. The van der Waals surface area contributed by atoms with Crippen LogP contribution in [0.3, 0.4) is 0 Å². The van der Waals surface area contributed by atoms with Crippen LogP contribution in [0.2, 0.25) is 0 Å². The molecule has 0 unspecified atom stereocenters. The molecule has 1 amide bonds. The van der Waals surface area contributed by atoms with Crippen LogP contribution in [0, 0.1) is 5.82 Å². The third-order valence-corrected chi connectivity index (χ3v) is 6.61. The number of nitrogens with one attached hydrogen (secondary N) is 2. The number of amides is 1.